The summed E-state index contributed by atoms with van der Waals surface area (Å²) in [5.74, 6) is -1.40. The molecule has 2 aromatic rings. The van der Waals surface area contributed by atoms with Crippen molar-refractivity contribution in [1.82, 2.24) is 14.5 Å². The molecule has 0 amide bonds. The van der Waals surface area contributed by atoms with Gasteiger partial charge in [0.1, 0.15) is 5.82 Å². The number of aromatic nitrogens is 2. The van der Waals surface area contributed by atoms with Crippen molar-refractivity contribution in [3.05, 3.63) is 53.4 Å². The quantitative estimate of drug-likeness (QED) is 0.758. The highest BCUT2D eigenvalue weighted by Crippen LogP contribution is 2.33. The summed E-state index contributed by atoms with van der Waals surface area (Å²) in [6.07, 6.45) is 8.61. The summed E-state index contributed by atoms with van der Waals surface area (Å²) in [4.78, 5) is 6.75. The van der Waals surface area contributed by atoms with E-state index in [9.17, 15) is 13.2 Å². The van der Waals surface area contributed by atoms with Crippen molar-refractivity contribution in [3.63, 3.8) is 0 Å². The van der Waals surface area contributed by atoms with Crippen molar-refractivity contribution in [2.45, 2.75) is 44.7 Å². The summed E-state index contributed by atoms with van der Waals surface area (Å²) in [6, 6.07) is 2.19. The highest BCUT2D eigenvalue weighted by molar-refractivity contribution is 5.19. The number of piperidine rings is 1. The van der Waals surface area contributed by atoms with E-state index in [1.54, 1.807) is 0 Å². The van der Waals surface area contributed by atoms with Crippen LogP contribution < -0.4 is 0 Å². The van der Waals surface area contributed by atoms with E-state index in [1.165, 1.54) is 12.8 Å². The molecule has 6 heteroatoms. The lowest BCUT2D eigenvalue weighted by Gasteiger charge is -2.32. The Hall–Kier alpha value is -1.82. The Morgan fingerprint density at radius 1 is 1.08 bits per heavy atom. The maximum Gasteiger partial charge on any atom is 0.194 e. The Kier molecular flexibility index (Phi) is 4.54. The molecule has 2 aliphatic rings. The molecule has 1 aromatic heterocycles. The molecule has 1 aliphatic carbocycles. The van der Waals surface area contributed by atoms with E-state index in [4.69, 9.17) is 0 Å². The van der Waals surface area contributed by atoms with Crippen LogP contribution in [0.3, 0.4) is 0 Å². The highest BCUT2D eigenvalue weighted by Gasteiger charge is 2.28. The molecule has 0 N–H and O–H groups in total. The van der Waals surface area contributed by atoms with E-state index < -0.39 is 17.5 Å². The number of halogens is 3. The molecule has 0 radical (unpaired) electrons. The average Bonchev–Trinajstić information content (AvgIpc) is 3.28. The zero-order valence-electron chi connectivity index (χ0n) is 14.1. The average molecular weight is 349 g/mol. The summed E-state index contributed by atoms with van der Waals surface area (Å²) in [6.45, 7) is 3.15. The SMILES string of the molecule is Fc1cc(CN2CCCC(c3nccn3CC3CC3)C2)cc(F)c1F. The van der Waals surface area contributed by atoms with Gasteiger partial charge >= 0.3 is 0 Å². The fourth-order valence-electron chi connectivity index (χ4n) is 3.78. The van der Waals surface area contributed by atoms with Gasteiger partial charge in [-0.25, -0.2) is 18.2 Å². The first-order chi connectivity index (χ1) is 12.1. The standard InChI is InChI=1S/C19H22F3N3/c20-16-8-14(9-17(21)18(16)22)10-24-6-1-2-15(12-24)19-23-5-7-25(19)11-13-3-4-13/h5,7-9,13,15H,1-4,6,10-12H2. The summed E-state index contributed by atoms with van der Waals surface area (Å²) in [5.41, 5.74) is 0.471. The first-order valence-corrected chi connectivity index (χ1v) is 8.97. The van der Waals surface area contributed by atoms with Crippen molar-refractivity contribution in [1.29, 1.82) is 0 Å². The van der Waals surface area contributed by atoms with Crippen LogP contribution in [0.2, 0.25) is 0 Å². The van der Waals surface area contributed by atoms with Crippen LogP contribution in [0, 0.1) is 23.4 Å². The molecule has 1 saturated heterocycles. The predicted molar refractivity (Wildman–Crippen MR) is 88.5 cm³/mol. The van der Waals surface area contributed by atoms with Gasteiger partial charge in [-0.05, 0) is 55.8 Å². The zero-order valence-corrected chi connectivity index (χ0v) is 14.1. The predicted octanol–water partition coefficient (Wildman–Crippen LogP) is 4.09. The Morgan fingerprint density at radius 3 is 2.56 bits per heavy atom. The van der Waals surface area contributed by atoms with Crippen molar-refractivity contribution in [3.8, 4) is 0 Å². The number of benzene rings is 1. The fraction of sp³-hybridized carbons (Fsp3) is 0.526. The van der Waals surface area contributed by atoms with Gasteiger partial charge in [-0.2, -0.15) is 0 Å². The fourth-order valence-corrected chi connectivity index (χ4v) is 3.78. The zero-order chi connectivity index (χ0) is 17.4. The second kappa shape index (κ2) is 6.83. The maximum atomic E-state index is 13.4. The lowest BCUT2D eigenvalue weighted by Crippen LogP contribution is -2.35. The van der Waals surface area contributed by atoms with Crippen LogP contribution in [0.1, 0.15) is 43.0 Å². The molecule has 1 aromatic carbocycles. The van der Waals surface area contributed by atoms with Crippen LogP contribution in [0.25, 0.3) is 0 Å². The molecule has 0 bridgehead atoms. The minimum absolute atomic E-state index is 0.331. The third kappa shape index (κ3) is 3.73. The first kappa shape index (κ1) is 16.6. The number of likely N-dealkylation sites (tertiary alicyclic amines) is 1. The van der Waals surface area contributed by atoms with Gasteiger partial charge in [-0.15, -0.1) is 0 Å². The third-order valence-electron chi connectivity index (χ3n) is 5.22. The molecule has 1 unspecified atom stereocenters. The molecule has 25 heavy (non-hydrogen) atoms. The van der Waals surface area contributed by atoms with Gasteiger partial charge in [-0.3, -0.25) is 4.90 Å². The molecule has 1 aliphatic heterocycles. The number of imidazole rings is 1. The van der Waals surface area contributed by atoms with Crippen LogP contribution >= 0.6 is 0 Å². The van der Waals surface area contributed by atoms with Crippen LogP contribution in [0.5, 0.6) is 0 Å². The van der Waals surface area contributed by atoms with E-state index >= 15 is 0 Å². The Morgan fingerprint density at radius 2 is 1.84 bits per heavy atom. The molecule has 0 spiro atoms. The highest BCUT2D eigenvalue weighted by atomic mass is 19.2. The van der Waals surface area contributed by atoms with Gasteiger partial charge < -0.3 is 4.57 Å². The van der Waals surface area contributed by atoms with Crippen molar-refractivity contribution < 1.29 is 13.2 Å². The maximum absolute atomic E-state index is 13.4. The molecule has 1 saturated carbocycles. The second-order valence-electron chi connectivity index (χ2n) is 7.33. The number of hydrogen-bond acceptors (Lipinski definition) is 2. The third-order valence-corrected chi connectivity index (χ3v) is 5.22. The molecule has 4 rings (SSSR count). The largest absolute Gasteiger partial charge is 0.334 e. The number of rotatable bonds is 5. The minimum atomic E-state index is -1.40. The summed E-state index contributed by atoms with van der Waals surface area (Å²) in [5, 5.41) is 0. The van der Waals surface area contributed by atoms with Gasteiger partial charge in [-0.1, -0.05) is 0 Å². The molecular formula is C19H22F3N3. The monoisotopic (exact) mass is 349 g/mol. The van der Waals surface area contributed by atoms with Crippen LogP contribution in [-0.4, -0.2) is 27.5 Å². The molecule has 3 nitrogen and oxygen atoms in total. The summed E-state index contributed by atoms with van der Waals surface area (Å²) in [7, 11) is 0. The summed E-state index contributed by atoms with van der Waals surface area (Å²) >= 11 is 0. The number of nitrogens with zero attached hydrogens (tertiary/aromatic N) is 3. The van der Waals surface area contributed by atoms with Crippen LogP contribution in [-0.2, 0) is 13.1 Å². The molecule has 134 valence electrons. The molecule has 2 fully saturated rings. The summed E-state index contributed by atoms with van der Waals surface area (Å²) < 4.78 is 42.2. The van der Waals surface area contributed by atoms with E-state index in [1.807, 2.05) is 6.20 Å². The topological polar surface area (TPSA) is 21.1 Å². The lowest BCUT2D eigenvalue weighted by molar-refractivity contribution is 0.194. The number of hydrogen-bond donors (Lipinski definition) is 0. The lowest BCUT2D eigenvalue weighted by atomic mass is 9.96. The van der Waals surface area contributed by atoms with Crippen molar-refractivity contribution in [2.75, 3.05) is 13.1 Å². The van der Waals surface area contributed by atoms with Gasteiger partial charge in [0.2, 0.25) is 0 Å². The second-order valence-corrected chi connectivity index (χ2v) is 7.33. The Labute approximate surface area is 145 Å². The van der Waals surface area contributed by atoms with Gasteiger partial charge in [0.05, 0.1) is 0 Å². The van der Waals surface area contributed by atoms with Crippen LogP contribution in [0.15, 0.2) is 24.5 Å². The minimum Gasteiger partial charge on any atom is -0.334 e. The smallest absolute Gasteiger partial charge is 0.194 e. The van der Waals surface area contributed by atoms with Gasteiger partial charge in [0.15, 0.2) is 17.5 Å². The normalized spacial score (nSPS) is 21.6. The Balaban J connectivity index is 1.45. The van der Waals surface area contributed by atoms with Crippen molar-refractivity contribution in [2.24, 2.45) is 5.92 Å². The van der Waals surface area contributed by atoms with Gasteiger partial charge in [0, 0.05) is 37.9 Å². The molecule has 2 heterocycles. The van der Waals surface area contributed by atoms with E-state index in [-0.39, 0.29) is 0 Å². The van der Waals surface area contributed by atoms with Gasteiger partial charge in [0.25, 0.3) is 0 Å². The van der Waals surface area contributed by atoms with E-state index in [0.29, 0.717) is 18.0 Å². The Bertz CT molecular complexity index is 731. The first-order valence-electron chi connectivity index (χ1n) is 8.97. The van der Waals surface area contributed by atoms with Crippen LogP contribution in [0.4, 0.5) is 13.2 Å². The van der Waals surface area contributed by atoms with Crippen molar-refractivity contribution >= 4 is 0 Å². The molecule has 1 atom stereocenters. The van der Waals surface area contributed by atoms with E-state index in [2.05, 4.69) is 20.6 Å². The molecular weight excluding hydrogens is 327 g/mol. The van der Waals surface area contributed by atoms with E-state index in [0.717, 1.165) is 56.4 Å².